The lowest BCUT2D eigenvalue weighted by Crippen LogP contribution is -2.43. The first-order valence-electron chi connectivity index (χ1n) is 8.35. The Labute approximate surface area is 140 Å². The van der Waals surface area contributed by atoms with Crippen LogP contribution in [0.4, 0.5) is 5.69 Å². The predicted molar refractivity (Wildman–Crippen MR) is 95.1 cm³/mol. The largest absolute Gasteiger partial charge is 0.490 e. The van der Waals surface area contributed by atoms with Gasteiger partial charge in [0.05, 0.1) is 6.10 Å². The predicted octanol–water partition coefficient (Wildman–Crippen LogP) is 4.56. The third-order valence-electron chi connectivity index (χ3n) is 4.06. The van der Waals surface area contributed by atoms with Crippen molar-refractivity contribution in [3.63, 3.8) is 0 Å². The second kappa shape index (κ2) is 8.34. The molecule has 4 heteroatoms. The lowest BCUT2D eigenvalue weighted by atomic mass is 9.93. The van der Waals surface area contributed by atoms with Gasteiger partial charge in [-0.25, -0.2) is 0 Å². The highest BCUT2D eigenvalue weighted by Gasteiger charge is 2.33. The van der Waals surface area contributed by atoms with Crippen molar-refractivity contribution in [2.45, 2.75) is 66.1 Å². The van der Waals surface area contributed by atoms with Crippen molar-refractivity contribution in [3.8, 4) is 5.75 Å². The van der Waals surface area contributed by atoms with E-state index in [4.69, 9.17) is 9.47 Å². The molecule has 0 saturated carbocycles. The van der Waals surface area contributed by atoms with Crippen molar-refractivity contribution in [3.05, 3.63) is 23.8 Å². The molecule has 0 fully saturated rings. The van der Waals surface area contributed by atoms with E-state index in [1.807, 2.05) is 39.0 Å². The fraction of sp³-hybridized carbons (Fsp3) is 0.632. The maximum atomic E-state index is 12.6. The van der Waals surface area contributed by atoms with Gasteiger partial charge < -0.3 is 14.8 Å². The number of ether oxygens (including phenoxy) is 2. The molecule has 23 heavy (non-hydrogen) atoms. The molecule has 1 amide bonds. The van der Waals surface area contributed by atoms with Crippen LogP contribution in [0.2, 0.25) is 0 Å². The zero-order valence-corrected chi connectivity index (χ0v) is 15.5. The summed E-state index contributed by atoms with van der Waals surface area (Å²) < 4.78 is 11.3. The summed E-state index contributed by atoms with van der Waals surface area (Å²) in [6.45, 7) is 12.1. The SMILES string of the molecule is CC[C@H](C)Oc1ccc(NC(=O)[C@](C)(CC(C)C)OC)cc1C. The minimum Gasteiger partial charge on any atom is -0.490 e. The maximum absolute atomic E-state index is 12.6. The standard InChI is InChI=1S/C19H31NO3/c1-8-15(5)23-17-10-9-16(11-14(17)4)20-18(21)19(6,22-7)12-13(2)3/h9-11,13,15H,8,12H2,1-7H3,(H,20,21)/t15-,19-/m0/s1. The van der Waals surface area contributed by atoms with E-state index in [1.54, 1.807) is 7.11 Å². The Morgan fingerprint density at radius 2 is 1.96 bits per heavy atom. The van der Waals surface area contributed by atoms with Crippen LogP contribution < -0.4 is 10.1 Å². The van der Waals surface area contributed by atoms with Gasteiger partial charge in [0.25, 0.3) is 5.91 Å². The van der Waals surface area contributed by atoms with Gasteiger partial charge in [0.15, 0.2) is 0 Å². The van der Waals surface area contributed by atoms with Gasteiger partial charge in [-0.3, -0.25) is 4.79 Å². The summed E-state index contributed by atoms with van der Waals surface area (Å²) in [6, 6.07) is 5.71. The number of hydrogen-bond acceptors (Lipinski definition) is 3. The van der Waals surface area contributed by atoms with E-state index in [1.165, 1.54) is 0 Å². The molecule has 1 aromatic carbocycles. The Kier molecular flexibility index (Phi) is 7.07. The molecule has 1 aromatic rings. The lowest BCUT2D eigenvalue weighted by Gasteiger charge is -2.28. The zero-order chi connectivity index (χ0) is 17.6. The highest BCUT2D eigenvalue weighted by atomic mass is 16.5. The van der Waals surface area contributed by atoms with E-state index in [0.717, 1.165) is 23.4 Å². The van der Waals surface area contributed by atoms with Crippen molar-refractivity contribution in [2.75, 3.05) is 12.4 Å². The summed E-state index contributed by atoms with van der Waals surface area (Å²) in [5, 5.41) is 2.95. The summed E-state index contributed by atoms with van der Waals surface area (Å²) in [6.07, 6.45) is 1.81. The molecule has 0 unspecified atom stereocenters. The van der Waals surface area contributed by atoms with E-state index in [-0.39, 0.29) is 12.0 Å². The molecule has 0 bridgehead atoms. The Bertz CT molecular complexity index is 527. The van der Waals surface area contributed by atoms with Crippen molar-refractivity contribution in [1.82, 2.24) is 0 Å². The van der Waals surface area contributed by atoms with Gasteiger partial charge in [-0.05, 0) is 63.3 Å². The van der Waals surface area contributed by atoms with Crippen molar-refractivity contribution in [2.24, 2.45) is 5.92 Å². The normalized spacial score (nSPS) is 15.1. The molecule has 0 aliphatic rings. The molecular weight excluding hydrogens is 290 g/mol. The number of rotatable bonds is 8. The second-order valence-corrected chi connectivity index (χ2v) is 6.80. The van der Waals surface area contributed by atoms with Gasteiger partial charge in [0.2, 0.25) is 0 Å². The fourth-order valence-corrected chi connectivity index (χ4v) is 2.47. The lowest BCUT2D eigenvalue weighted by molar-refractivity contribution is -0.137. The van der Waals surface area contributed by atoms with Crippen LogP contribution >= 0.6 is 0 Å². The molecule has 0 aliphatic carbocycles. The number of amides is 1. The van der Waals surface area contributed by atoms with Crippen LogP contribution in [0.3, 0.4) is 0 Å². The minimum absolute atomic E-state index is 0.122. The Morgan fingerprint density at radius 3 is 2.43 bits per heavy atom. The number of carbonyl (C=O) groups excluding carboxylic acids is 1. The Morgan fingerprint density at radius 1 is 1.30 bits per heavy atom. The molecule has 0 spiro atoms. The van der Waals surface area contributed by atoms with Gasteiger partial charge >= 0.3 is 0 Å². The van der Waals surface area contributed by atoms with E-state index in [9.17, 15) is 4.79 Å². The number of aryl methyl sites for hydroxylation is 1. The summed E-state index contributed by atoms with van der Waals surface area (Å²) in [5.74, 6) is 1.11. The van der Waals surface area contributed by atoms with Crippen molar-refractivity contribution < 1.29 is 14.3 Å². The van der Waals surface area contributed by atoms with Crippen LogP contribution in [-0.2, 0) is 9.53 Å². The number of anilines is 1. The van der Waals surface area contributed by atoms with Gasteiger partial charge in [0.1, 0.15) is 11.4 Å². The maximum Gasteiger partial charge on any atom is 0.256 e. The molecule has 130 valence electrons. The first-order valence-corrected chi connectivity index (χ1v) is 8.35. The Hall–Kier alpha value is -1.55. The van der Waals surface area contributed by atoms with Crippen molar-refractivity contribution >= 4 is 11.6 Å². The molecule has 0 aliphatic heterocycles. The summed E-state index contributed by atoms with van der Waals surface area (Å²) >= 11 is 0. The van der Waals surface area contributed by atoms with Crippen LogP contribution in [0.25, 0.3) is 0 Å². The molecule has 2 atom stereocenters. The number of methoxy groups -OCH3 is 1. The van der Waals surface area contributed by atoms with Crippen LogP contribution in [0, 0.1) is 12.8 Å². The van der Waals surface area contributed by atoms with E-state index < -0.39 is 5.60 Å². The number of nitrogens with one attached hydrogen (secondary N) is 1. The highest BCUT2D eigenvalue weighted by molar-refractivity contribution is 5.97. The third kappa shape index (κ3) is 5.54. The van der Waals surface area contributed by atoms with Gasteiger partial charge in [-0.15, -0.1) is 0 Å². The summed E-state index contributed by atoms with van der Waals surface area (Å²) in [7, 11) is 1.58. The average molecular weight is 321 g/mol. The highest BCUT2D eigenvalue weighted by Crippen LogP contribution is 2.26. The minimum atomic E-state index is -0.825. The molecule has 1 rings (SSSR count). The average Bonchev–Trinajstić information content (AvgIpc) is 2.48. The van der Waals surface area contributed by atoms with Crippen LogP contribution in [-0.4, -0.2) is 24.7 Å². The zero-order valence-electron chi connectivity index (χ0n) is 15.5. The first-order chi connectivity index (χ1) is 10.7. The van der Waals surface area contributed by atoms with Gasteiger partial charge in [-0.2, -0.15) is 0 Å². The van der Waals surface area contributed by atoms with Gasteiger partial charge in [-0.1, -0.05) is 20.8 Å². The van der Waals surface area contributed by atoms with Gasteiger partial charge in [0, 0.05) is 12.8 Å². The molecule has 0 aromatic heterocycles. The smallest absolute Gasteiger partial charge is 0.256 e. The van der Waals surface area contributed by atoms with Crippen LogP contribution in [0.5, 0.6) is 5.75 Å². The molecule has 1 N–H and O–H groups in total. The van der Waals surface area contributed by atoms with E-state index in [2.05, 4.69) is 26.1 Å². The van der Waals surface area contributed by atoms with Crippen LogP contribution in [0.15, 0.2) is 18.2 Å². The molecule has 0 radical (unpaired) electrons. The van der Waals surface area contributed by atoms with Crippen molar-refractivity contribution in [1.29, 1.82) is 0 Å². The summed E-state index contributed by atoms with van der Waals surface area (Å²) in [4.78, 5) is 12.6. The Balaban J connectivity index is 2.84. The molecule has 4 nitrogen and oxygen atoms in total. The molecule has 0 saturated heterocycles. The third-order valence-corrected chi connectivity index (χ3v) is 4.06. The number of benzene rings is 1. The second-order valence-electron chi connectivity index (χ2n) is 6.80. The quantitative estimate of drug-likeness (QED) is 0.763. The van der Waals surface area contributed by atoms with Crippen LogP contribution in [0.1, 0.15) is 53.0 Å². The molecule has 0 heterocycles. The number of carbonyl (C=O) groups is 1. The molecular formula is C19H31NO3. The van der Waals surface area contributed by atoms with E-state index in [0.29, 0.717) is 12.3 Å². The topological polar surface area (TPSA) is 47.6 Å². The monoisotopic (exact) mass is 321 g/mol. The number of hydrogen-bond donors (Lipinski definition) is 1. The first kappa shape index (κ1) is 19.5. The van der Waals surface area contributed by atoms with E-state index >= 15 is 0 Å². The summed E-state index contributed by atoms with van der Waals surface area (Å²) in [5.41, 5.74) is 0.940. The fourth-order valence-electron chi connectivity index (χ4n) is 2.47.